The van der Waals surface area contributed by atoms with E-state index in [9.17, 15) is 24.1 Å². The summed E-state index contributed by atoms with van der Waals surface area (Å²) in [6, 6.07) is 9.27. The van der Waals surface area contributed by atoms with Gasteiger partial charge >= 0.3 is 0 Å². The van der Waals surface area contributed by atoms with E-state index in [4.69, 9.17) is 9.97 Å². The first-order valence-electron chi connectivity index (χ1n) is 10.8. The molecule has 2 amide bonds. The molecule has 34 heavy (non-hydrogen) atoms. The highest BCUT2D eigenvalue weighted by molar-refractivity contribution is 5.98. The van der Waals surface area contributed by atoms with Crippen LogP contribution in [-0.2, 0) is 15.6 Å². The van der Waals surface area contributed by atoms with E-state index in [0.717, 1.165) is 12.1 Å². The van der Waals surface area contributed by atoms with Gasteiger partial charge in [-0.1, -0.05) is 20.8 Å². The van der Waals surface area contributed by atoms with Crippen LogP contribution in [0.4, 0.5) is 10.1 Å². The fourth-order valence-corrected chi connectivity index (χ4v) is 5.60. The third-order valence-electron chi connectivity index (χ3n) is 8.02. The fourth-order valence-electron chi connectivity index (χ4n) is 5.60. The summed E-state index contributed by atoms with van der Waals surface area (Å²) in [6.07, 6.45) is 1.18. The molecule has 2 atom stereocenters. The number of nitrogens with one attached hydrogen (secondary N) is 2. The number of hydrogen-bond acceptors (Lipinski definition) is 6. The van der Waals surface area contributed by atoms with Crippen LogP contribution in [0.3, 0.4) is 0 Å². The largest absolute Gasteiger partial charge is 0.272 e. The average molecular weight is 463 g/mol. The van der Waals surface area contributed by atoms with Crippen LogP contribution in [-0.4, -0.2) is 26.7 Å². The second-order valence-corrected chi connectivity index (χ2v) is 9.63. The summed E-state index contributed by atoms with van der Waals surface area (Å²) >= 11 is 0. The number of non-ortho nitro benzene ring substituents is 1. The standard InChI is InChI=1S/C24H22FN5O4/c1-22(2)23(3)10-11-24(22,21(32)29-28-20(31)13-4-6-14(25)7-5-13)19-18(23)26-16-9-8-15(30(33)34)12-17(16)27-19/h4-9,12H,10-11H2,1-3H3,(H,28,31)(H,29,32). The minimum Gasteiger partial charge on any atom is -0.272 e. The molecule has 2 bridgehead atoms. The van der Waals surface area contributed by atoms with Crippen molar-refractivity contribution in [1.29, 1.82) is 0 Å². The first-order chi connectivity index (χ1) is 16.0. The van der Waals surface area contributed by atoms with Crippen molar-refractivity contribution in [3.05, 3.63) is 75.3 Å². The highest BCUT2D eigenvalue weighted by Gasteiger charge is 2.73. The van der Waals surface area contributed by atoms with Crippen molar-refractivity contribution >= 4 is 28.5 Å². The summed E-state index contributed by atoms with van der Waals surface area (Å²) in [4.78, 5) is 46.4. The number of hydrazine groups is 1. The number of benzene rings is 2. The van der Waals surface area contributed by atoms with Crippen LogP contribution in [0.5, 0.6) is 0 Å². The van der Waals surface area contributed by atoms with Gasteiger partial charge in [-0.3, -0.25) is 30.6 Å². The van der Waals surface area contributed by atoms with Crippen LogP contribution < -0.4 is 10.9 Å². The molecule has 1 aromatic heterocycles. The number of amides is 2. The molecule has 3 aromatic rings. The van der Waals surface area contributed by atoms with E-state index in [1.54, 1.807) is 6.07 Å². The van der Waals surface area contributed by atoms with Gasteiger partial charge in [0.15, 0.2) is 0 Å². The molecule has 2 aromatic carbocycles. The highest BCUT2D eigenvalue weighted by Crippen LogP contribution is 2.70. The van der Waals surface area contributed by atoms with E-state index in [2.05, 4.69) is 17.8 Å². The van der Waals surface area contributed by atoms with Crippen molar-refractivity contribution in [2.75, 3.05) is 0 Å². The van der Waals surface area contributed by atoms with Crippen LogP contribution >= 0.6 is 0 Å². The Morgan fingerprint density at radius 3 is 2.32 bits per heavy atom. The van der Waals surface area contributed by atoms with Crippen molar-refractivity contribution in [1.82, 2.24) is 20.8 Å². The SMILES string of the molecule is CC12CCC(C(=O)NNC(=O)c3ccc(F)cc3)(c3nc4cc([N+](=O)[O-])ccc4nc31)C2(C)C. The van der Waals surface area contributed by atoms with E-state index in [1.165, 1.54) is 24.3 Å². The Kier molecular flexibility index (Phi) is 4.52. The average Bonchev–Trinajstić information content (AvgIpc) is 3.10. The van der Waals surface area contributed by atoms with Gasteiger partial charge in [0.1, 0.15) is 11.2 Å². The summed E-state index contributed by atoms with van der Waals surface area (Å²) in [5, 5.41) is 11.2. The fraction of sp³-hybridized carbons (Fsp3) is 0.333. The van der Waals surface area contributed by atoms with E-state index in [-0.39, 0.29) is 11.3 Å². The molecule has 10 heteroatoms. The van der Waals surface area contributed by atoms with E-state index >= 15 is 0 Å². The van der Waals surface area contributed by atoms with Crippen LogP contribution in [0.2, 0.25) is 0 Å². The number of halogens is 1. The van der Waals surface area contributed by atoms with Crippen molar-refractivity contribution in [3.8, 4) is 0 Å². The minimum atomic E-state index is -1.10. The van der Waals surface area contributed by atoms with Crippen LogP contribution in [0.1, 0.15) is 55.4 Å². The maximum absolute atomic E-state index is 13.7. The predicted octanol–water partition coefficient (Wildman–Crippen LogP) is 3.47. The second-order valence-electron chi connectivity index (χ2n) is 9.63. The van der Waals surface area contributed by atoms with Crippen LogP contribution in [0.25, 0.3) is 11.0 Å². The molecule has 0 spiro atoms. The summed E-state index contributed by atoms with van der Waals surface area (Å²) in [5.74, 6) is -1.49. The molecule has 1 fully saturated rings. The second kappa shape index (κ2) is 7.02. The normalized spacial score (nSPS) is 24.0. The van der Waals surface area contributed by atoms with Gasteiger partial charge in [0.25, 0.3) is 17.5 Å². The zero-order chi connectivity index (χ0) is 24.5. The van der Waals surface area contributed by atoms with Gasteiger partial charge in [0.05, 0.1) is 27.3 Å². The maximum atomic E-state index is 13.7. The molecule has 1 saturated carbocycles. The molecule has 174 valence electrons. The van der Waals surface area contributed by atoms with Crippen molar-refractivity contribution in [2.45, 2.75) is 44.4 Å². The summed E-state index contributed by atoms with van der Waals surface area (Å²) in [5.41, 5.74) is 4.92. The summed E-state index contributed by atoms with van der Waals surface area (Å²) in [7, 11) is 0. The van der Waals surface area contributed by atoms with Gasteiger partial charge in [0, 0.05) is 23.1 Å². The molecule has 2 aliphatic rings. The van der Waals surface area contributed by atoms with E-state index in [1.807, 2.05) is 13.8 Å². The summed E-state index contributed by atoms with van der Waals surface area (Å²) < 4.78 is 13.2. The number of nitro benzene ring substituents is 1. The molecule has 2 aliphatic carbocycles. The molecule has 0 radical (unpaired) electrons. The zero-order valence-electron chi connectivity index (χ0n) is 18.8. The molecular weight excluding hydrogens is 441 g/mol. The van der Waals surface area contributed by atoms with Crippen molar-refractivity contribution < 1.29 is 18.9 Å². The monoisotopic (exact) mass is 463 g/mol. The molecule has 2 unspecified atom stereocenters. The molecule has 0 aliphatic heterocycles. The molecule has 1 heterocycles. The zero-order valence-corrected chi connectivity index (χ0v) is 18.8. The smallest absolute Gasteiger partial charge is 0.271 e. The number of carbonyl (C=O) groups excluding carboxylic acids is 2. The number of hydrogen-bond donors (Lipinski definition) is 2. The summed E-state index contributed by atoms with van der Waals surface area (Å²) in [6.45, 7) is 6.02. The minimum absolute atomic E-state index is 0.111. The van der Waals surface area contributed by atoms with Crippen LogP contribution in [0, 0.1) is 21.3 Å². The lowest BCUT2D eigenvalue weighted by atomic mass is 9.63. The number of nitrogens with zero attached hydrogens (tertiary/aromatic N) is 3. The number of nitro groups is 1. The Balaban J connectivity index is 1.55. The quantitative estimate of drug-likeness (QED) is 0.452. The molecule has 9 nitrogen and oxygen atoms in total. The van der Waals surface area contributed by atoms with Gasteiger partial charge in [-0.05, 0) is 48.6 Å². The Labute approximate surface area is 193 Å². The van der Waals surface area contributed by atoms with Crippen LogP contribution in [0.15, 0.2) is 42.5 Å². The van der Waals surface area contributed by atoms with Gasteiger partial charge in [-0.15, -0.1) is 0 Å². The van der Waals surface area contributed by atoms with Gasteiger partial charge < -0.3 is 0 Å². The van der Waals surface area contributed by atoms with Gasteiger partial charge in [0.2, 0.25) is 0 Å². The third-order valence-corrected chi connectivity index (χ3v) is 8.02. The Morgan fingerprint density at radius 1 is 0.971 bits per heavy atom. The highest BCUT2D eigenvalue weighted by atomic mass is 19.1. The predicted molar refractivity (Wildman–Crippen MR) is 120 cm³/mol. The Morgan fingerprint density at radius 2 is 1.65 bits per heavy atom. The lowest BCUT2D eigenvalue weighted by Crippen LogP contribution is -2.55. The first-order valence-corrected chi connectivity index (χ1v) is 10.8. The lowest BCUT2D eigenvalue weighted by Gasteiger charge is -2.39. The van der Waals surface area contributed by atoms with Gasteiger partial charge in [-0.25, -0.2) is 14.4 Å². The lowest BCUT2D eigenvalue weighted by molar-refractivity contribution is -0.384. The van der Waals surface area contributed by atoms with Gasteiger partial charge in [-0.2, -0.15) is 0 Å². The van der Waals surface area contributed by atoms with E-state index in [0.29, 0.717) is 35.3 Å². The molecule has 5 rings (SSSR count). The maximum Gasteiger partial charge on any atom is 0.271 e. The molecular formula is C24H22FN5O4. The number of carbonyl (C=O) groups is 2. The number of fused-ring (bicyclic) bond motifs is 6. The third kappa shape index (κ3) is 2.71. The molecule has 2 N–H and O–H groups in total. The van der Waals surface area contributed by atoms with Crippen molar-refractivity contribution in [2.24, 2.45) is 5.41 Å². The van der Waals surface area contributed by atoms with E-state index < -0.39 is 38.8 Å². The topological polar surface area (TPSA) is 127 Å². The van der Waals surface area contributed by atoms with Crippen molar-refractivity contribution in [3.63, 3.8) is 0 Å². The number of rotatable bonds is 3. The Hall–Kier alpha value is -3.95. The molecule has 0 saturated heterocycles. The number of aromatic nitrogens is 2. The first kappa shape index (κ1) is 21.9. The Bertz CT molecular complexity index is 1390.